The van der Waals surface area contributed by atoms with Gasteiger partial charge >= 0.3 is 6.03 Å². The van der Waals surface area contributed by atoms with Crippen molar-refractivity contribution in [1.82, 2.24) is 20.5 Å². The molecule has 35 heavy (non-hydrogen) atoms. The molecule has 182 valence electrons. The molecule has 1 saturated heterocycles. The molecule has 1 aliphatic carbocycles. The van der Waals surface area contributed by atoms with Gasteiger partial charge < -0.3 is 26.3 Å². The van der Waals surface area contributed by atoms with E-state index in [1.54, 1.807) is 0 Å². The number of likely N-dealkylation sites (tertiary alicyclic amines) is 1. The lowest BCUT2D eigenvalue weighted by Crippen LogP contribution is -2.54. The van der Waals surface area contributed by atoms with E-state index in [1.807, 2.05) is 35.4 Å². The van der Waals surface area contributed by atoms with Gasteiger partial charge in [-0.05, 0) is 48.6 Å². The van der Waals surface area contributed by atoms with Crippen LogP contribution in [-0.4, -0.2) is 54.0 Å². The third kappa shape index (κ3) is 4.68. The first kappa shape index (κ1) is 23.2. The van der Waals surface area contributed by atoms with E-state index in [0.717, 1.165) is 29.3 Å². The number of carbonyl (C=O) groups excluding carboxylic acids is 2. The van der Waals surface area contributed by atoms with Crippen LogP contribution in [0.2, 0.25) is 0 Å². The Hall–Kier alpha value is -3.58. The molecule has 5 rings (SSSR count). The number of nitrogens with zero attached hydrogens (tertiary/aromatic N) is 1. The van der Waals surface area contributed by atoms with Crippen LogP contribution in [0.3, 0.4) is 0 Å². The number of fused-ring (bicyclic) bond motifs is 3. The molecule has 3 aromatic rings. The number of hydrogen-bond acceptors (Lipinski definition) is 3. The molecule has 2 aromatic carbocycles. The second-order valence-corrected chi connectivity index (χ2v) is 9.56. The van der Waals surface area contributed by atoms with Crippen LogP contribution in [0.5, 0.6) is 0 Å². The Labute approximate surface area is 205 Å². The van der Waals surface area contributed by atoms with Crippen molar-refractivity contribution in [2.45, 2.75) is 37.1 Å². The number of nitrogens with two attached hydrogens (primary N) is 1. The van der Waals surface area contributed by atoms with Crippen LogP contribution >= 0.6 is 0 Å². The van der Waals surface area contributed by atoms with Gasteiger partial charge in [0.25, 0.3) is 0 Å². The van der Waals surface area contributed by atoms with Gasteiger partial charge in [-0.25, -0.2) is 4.79 Å². The molecular formula is C28H33N5O2. The van der Waals surface area contributed by atoms with E-state index in [9.17, 15) is 9.59 Å². The molecule has 1 atom stereocenters. The number of carbonyl (C=O) groups is 2. The Morgan fingerprint density at radius 2 is 1.86 bits per heavy atom. The fourth-order valence-electron chi connectivity index (χ4n) is 5.39. The van der Waals surface area contributed by atoms with E-state index >= 15 is 0 Å². The lowest BCUT2D eigenvalue weighted by molar-refractivity contribution is -0.122. The third-order valence-electron chi connectivity index (χ3n) is 7.42. The molecule has 1 unspecified atom stereocenters. The number of amides is 3. The maximum Gasteiger partial charge on any atom is 0.318 e. The summed E-state index contributed by atoms with van der Waals surface area (Å²) in [7, 11) is 0. The molecule has 7 nitrogen and oxygen atoms in total. The zero-order chi connectivity index (χ0) is 24.3. The molecule has 1 fully saturated rings. The van der Waals surface area contributed by atoms with Crippen molar-refractivity contribution in [3.63, 3.8) is 0 Å². The summed E-state index contributed by atoms with van der Waals surface area (Å²) >= 11 is 0. The summed E-state index contributed by atoms with van der Waals surface area (Å²) in [6.45, 7) is 2.30. The number of urea groups is 1. The lowest BCUT2D eigenvalue weighted by atomic mass is 9.74. The van der Waals surface area contributed by atoms with Crippen molar-refractivity contribution < 1.29 is 9.59 Å². The van der Waals surface area contributed by atoms with Gasteiger partial charge in [0.15, 0.2) is 0 Å². The molecule has 0 saturated carbocycles. The first-order valence-electron chi connectivity index (χ1n) is 12.5. The summed E-state index contributed by atoms with van der Waals surface area (Å²) in [6, 6.07) is 15.7. The smallest absolute Gasteiger partial charge is 0.318 e. The largest absolute Gasteiger partial charge is 0.361 e. The highest BCUT2D eigenvalue weighted by molar-refractivity contribution is 5.89. The number of benzene rings is 2. The number of H-pyrrole nitrogens is 1. The number of aromatic nitrogens is 1. The van der Waals surface area contributed by atoms with E-state index < -0.39 is 6.04 Å². The van der Waals surface area contributed by atoms with Crippen LogP contribution in [0.1, 0.15) is 36.0 Å². The number of nitrogens with one attached hydrogen (secondary N) is 3. The van der Waals surface area contributed by atoms with E-state index in [-0.39, 0.29) is 17.4 Å². The minimum atomic E-state index is -0.664. The summed E-state index contributed by atoms with van der Waals surface area (Å²) in [6.07, 6.45) is 9.30. The molecule has 1 aliphatic heterocycles. The fraction of sp³-hybridized carbons (Fsp3) is 0.357. The third-order valence-corrected chi connectivity index (χ3v) is 7.42. The molecule has 1 aromatic heterocycles. The summed E-state index contributed by atoms with van der Waals surface area (Å²) < 4.78 is 0. The number of allylic oxidation sites excluding steroid dienone is 1. The maximum atomic E-state index is 13.3. The van der Waals surface area contributed by atoms with Crippen LogP contribution in [0, 0.1) is 0 Å². The van der Waals surface area contributed by atoms with E-state index in [0.29, 0.717) is 39.0 Å². The molecular weight excluding hydrogens is 438 g/mol. The van der Waals surface area contributed by atoms with Gasteiger partial charge in [0.2, 0.25) is 5.91 Å². The van der Waals surface area contributed by atoms with Crippen LogP contribution in [0.4, 0.5) is 4.79 Å². The van der Waals surface area contributed by atoms with Gasteiger partial charge in [-0.3, -0.25) is 4.79 Å². The summed E-state index contributed by atoms with van der Waals surface area (Å²) in [4.78, 5) is 31.4. The first-order valence-corrected chi connectivity index (χ1v) is 12.5. The number of para-hydroxylation sites is 1. The zero-order valence-corrected chi connectivity index (χ0v) is 19.9. The van der Waals surface area contributed by atoms with Crippen molar-refractivity contribution >= 4 is 28.9 Å². The molecule has 5 N–H and O–H groups in total. The number of piperidine rings is 1. The van der Waals surface area contributed by atoms with Crippen LogP contribution in [0.15, 0.2) is 60.8 Å². The fourth-order valence-corrected chi connectivity index (χ4v) is 5.39. The van der Waals surface area contributed by atoms with Gasteiger partial charge in [-0.2, -0.15) is 0 Å². The maximum absolute atomic E-state index is 13.3. The monoisotopic (exact) mass is 471 g/mol. The van der Waals surface area contributed by atoms with Crippen molar-refractivity contribution in [3.05, 3.63) is 77.5 Å². The first-order chi connectivity index (χ1) is 17.1. The normalized spacial score (nSPS) is 16.9. The molecule has 7 heteroatoms. The SMILES string of the molecule is NCCCNC(=O)C(Cc1c[nH]c2ccccc12)NC(=O)N1CCC2(C=Cc3ccccc32)CC1. The average molecular weight is 472 g/mol. The molecule has 2 aliphatic rings. The quantitative estimate of drug-likeness (QED) is 0.398. The summed E-state index contributed by atoms with van der Waals surface area (Å²) in [5.74, 6) is -0.182. The minimum Gasteiger partial charge on any atom is -0.361 e. The molecule has 3 amide bonds. The molecule has 0 radical (unpaired) electrons. The zero-order valence-electron chi connectivity index (χ0n) is 19.9. The minimum absolute atomic E-state index is 0.0103. The Balaban J connectivity index is 1.27. The van der Waals surface area contributed by atoms with Gasteiger partial charge in [0.1, 0.15) is 6.04 Å². The van der Waals surface area contributed by atoms with Crippen molar-refractivity contribution in [3.8, 4) is 0 Å². The van der Waals surface area contributed by atoms with Gasteiger partial charge in [0, 0.05) is 48.6 Å². The van der Waals surface area contributed by atoms with Gasteiger partial charge in [-0.15, -0.1) is 0 Å². The summed E-state index contributed by atoms with van der Waals surface area (Å²) in [5.41, 5.74) is 10.2. The number of rotatable bonds is 7. The highest BCUT2D eigenvalue weighted by atomic mass is 16.2. The highest BCUT2D eigenvalue weighted by Crippen LogP contribution is 2.43. The van der Waals surface area contributed by atoms with E-state index in [2.05, 4.69) is 52.0 Å². The Kier molecular flexibility index (Phi) is 6.59. The Bertz CT molecular complexity index is 1240. The standard InChI is InChI=1S/C28H33N5O2/c29-14-5-15-30-26(34)25(18-21-19-31-24-9-4-2-7-22(21)24)32-27(35)33-16-12-28(13-17-33)11-10-20-6-1-3-8-23(20)28/h1-4,6-11,19,25,31H,5,12-18,29H2,(H,30,34)(H,32,35). The van der Waals surface area contributed by atoms with Gasteiger partial charge in [0.05, 0.1) is 0 Å². The van der Waals surface area contributed by atoms with Crippen LogP contribution in [-0.2, 0) is 16.6 Å². The molecule has 1 spiro atoms. The van der Waals surface area contributed by atoms with E-state index in [4.69, 9.17) is 5.73 Å². The van der Waals surface area contributed by atoms with E-state index in [1.165, 1.54) is 11.1 Å². The highest BCUT2D eigenvalue weighted by Gasteiger charge is 2.39. The second kappa shape index (κ2) is 9.96. The van der Waals surface area contributed by atoms with Crippen molar-refractivity contribution in [2.24, 2.45) is 5.73 Å². The topological polar surface area (TPSA) is 103 Å². The van der Waals surface area contributed by atoms with Crippen LogP contribution < -0.4 is 16.4 Å². The Morgan fingerprint density at radius 1 is 1.09 bits per heavy atom. The average Bonchev–Trinajstić information content (AvgIpc) is 3.46. The number of hydrogen-bond donors (Lipinski definition) is 4. The van der Waals surface area contributed by atoms with Crippen LogP contribution in [0.25, 0.3) is 17.0 Å². The van der Waals surface area contributed by atoms with Crippen molar-refractivity contribution in [1.29, 1.82) is 0 Å². The Morgan fingerprint density at radius 3 is 2.69 bits per heavy atom. The molecule has 0 bridgehead atoms. The molecule has 2 heterocycles. The van der Waals surface area contributed by atoms with Gasteiger partial charge in [-0.1, -0.05) is 54.6 Å². The summed E-state index contributed by atoms with van der Waals surface area (Å²) in [5, 5.41) is 7.02. The predicted octanol–water partition coefficient (Wildman–Crippen LogP) is 3.31. The lowest BCUT2D eigenvalue weighted by Gasteiger charge is -2.39. The second-order valence-electron chi connectivity index (χ2n) is 9.56. The van der Waals surface area contributed by atoms with Crippen molar-refractivity contribution in [2.75, 3.05) is 26.2 Å². The number of aromatic amines is 1. The predicted molar refractivity (Wildman–Crippen MR) is 139 cm³/mol.